The first kappa shape index (κ1) is 9.28. The van der Waals surface area contributed by atoms with Gasteiger partial charge in [-0.1, -0.05) is 18.2 Å². The average molecular weight is 190 g/mol. The van der Waals surface area contributed by atoms with E-state index in [-0.39, 0.29) is 12.0 Å². The Hall–Kier alpha value is -1.28. The number of fused-ring (bicyclic) bond motifs is 1. The van der Waals surface area contributed by atoms with Gasteiger partial charge in [-0.15, -0.1) is 0 Å². The lowest BCUT2D eigenvalue weighted by molar-refractivity contribution is 0.180. The zero-order valence-electron chi connectivity index (χ0n) is 8.40. The minimum Gasteiger partial charge on any atom is -0.497 e. The smallest absolute Gasteiger partial charge is 0.119 e. The lowest BCUT2D eigenvalue weighted by atomic mass is 9.96. The molecule has 0 radical (unpaired) electrons. The molecule has 0 bridgehead atoms. The van der Waals surface area contributed by atoms with Crippen molar-refractivity contribution in [3.05, 3.63) is 35.4 Å². The van der Waals surface area contributed by atoms with Crippen LogP contribution in [0.3, 0.4) is 0 Å². The van der Waals surface area contributed by atoms with Crippen LogP contribution in [0.2, 0.25) is 0 Å². The molecule has 0 aromatic heterocycles. The van der Waals surface area contributed by atoms with E-state index in [2.05, 4.69) is 0 Å². The zero-order chi connectivity index (χ0) is 10.1. The minimum atomic E-state index is -0.333. The van der Waals surface area contributed by atoms with Crippen molar-refractivity contribution in [1.82, 2.24) is 0 Å². The van der Waals surface area contributed by atoms with Gasteiger partial charge in [-0.3, -0.25) is 0 Å². The van der Waals surface area contributed by atoms with Crippen molar-refractivity contribution in [2.45, 2.75) is 18.9 Å². The van der Waals surface area contributed by atoms with Crippen molar-refractivity contribution < 1.29 is 9.84 Å². The van der Waals surface area contributed by atoms with Crippen LogP contribution < -0.4 is 4.74 Å². The van der Waals surface area contributed by atoms with Gasteiger partial charge in [0.1, 0.15) is 5.75 Å². The van der Waals surface area contributed by atoms with Gasteiger partial charge in [0.15, 0.2) is 0 Å². The van der Waals surface area contributed by atoms with E-state index in [0.29, 0.717) is 0 Å². The molecule has 2 unspecified atom stereocenters. The van der Waals surface area contributed by atoms with Crippen LogP contribution in [0.15, 0.2) is 24.3 Å². The number of benzene rings is 1. The van der Waals surface area contributed by atoms with E-state index in [9.17, 15) is 5.11 Å². The van der Waals surface area contributed by atoms with E-state index in [4.69, 9.17) is 4.74 Å². The van der Waals surface area contributed by atoms with E-state index in [1.807, 2.05) is 37.3 Å². The average Bonchev–Trinajstić information content (AvgIpc) is 2.59. The van der Waals surface area contributed by atoms with Crippen molar-refractivity contribution in [1.29, 1.82) is 0 Å². The van der Waals surface area contributed by atoms with Crippen LogP contribution in [0.4, 0.5) is 0 Å². The molecule has 1 aliphatic carbocycles. The summed E-state index contributed by atoms with van der Waals surface area (Å²) in [6.45, 7) is 1.81. The van der Waals surface area contributed by atoms with E-state index in [1.165, 1.54) is 5.56 Å². The maximum atomic E-state index is 9.54. The van der Waals surface area contributed by atoms with Crippen molar-refractivity contribution >= 4 is 6.08 Å². The molecule has 0 amide bonds. The number of aliphatic hydroxyl groups is 1. The summed E-state index contributed by atoms with van der Waals surface area (Å²) in [4.78, 5) is 0. The molecule has 1 N–H and O–H groups in total. The molecule has 2 nitrogen and oxygen atoms in total. The molecule has 0 heterocycles. The fourth-order valence-electron chi connectivity index (χ4n) is 1.86. The van der Waals surface area contributed by atoms with Gasteiger partial charge in [-0.25, -0.2) is 0 Å². The highest BCUT2D eigenvalue weighted by atomic mass is 16.5. The fourth-order valence-corrected chi connectivity index (χ4v) is 1.86. The lowest BCUT2D eigenvalue weighted by Crippen LogP contribution is -2.10. The predicted molar refractivity (Wildman–Crippen MR) is 56.4 cm³/mol. The Morgan fingerprint density at radius 2 is 2.21 bits per heavy atom. The first-order chi connectivity index (χ1) is 6.72. The second-order valence-electron chi connectivity index (χ2n) is 3.62. The second-order valence-corrected chi connectivity index (χ2v) is 3.62. The number of methoxy groups -OCH3 is 1. The van der Waals surface area contributed by atoms with Crippen LogP contribution in [0.25, 0.3) is 6.08 Å². The number of hydrogen-bond acceptors (Lipinski definition) is 2. The largest absolute Gasteiger partial charge is 0.497 e. The Morgan fingerprint density at radius 1 is 1.43 bits per heavy atom. The third-order valence-electron chi connectivity index (χ3n) is 2.66. The Bertz CT molecular complexity index is 367. The summed E-state index contributed by atoms with van der Waals surface area (Å²) in [5.41, 5.74) is 2.33. The quantitative estimate of drug-likeness (QED) is 0.774. The lowest BCUT2D eigenvalue weighted by Gasteiger charge is -2.14. The fraction of sp³-hybridized carbons (Fsp3) is 0.333. The SMILES string of the molecule is COc1ccc2c(c1)C=CC2C(C)O. The van der Waals surface area contributed by atoms with Crippen LogP contribution in [0.5, 0.6) is 5.75 Å². The highest BCUT2D eigenvalue weighted by Crippen LogP contribution is 2.34. The molecule has 1 aliphatic rings. The molecule has 14 heavy (non-hydrogen) atoms. The normalized spacial score (nSPS) is 20.6. The number of aliphatic hydroxyl groups excluding tert-OH is 1. The predicted octanol–water partition coefficient (Wildman–Crippen LogP) is 2.19. The van der Waals surface area contributed by atoms with Crippen molar-refractivity contribution in [3.8, 4) is 5.75 Å². The Balaban J connectivity index is 2.38. The molecular formula is C12H14O2. The van der Waals surface area contributed by atoms with Crippen molar-refractivity contribution in [3.63, 3.8) is 0 Å². The maximum absolute atomic E-state index is 9.54. The summed E-state index contributed by atoms with van der Waals surface area (Å²) >= 11 is 0. The van der Waals surface area contributed by atoms with Gasteiger partial charge in [-0.2, -0.15) is 0 Å². The second kappa shape index (κ2) is 3.46. The summed E-state index contributed by atoms with van der Waals surface area (Å²) in [5.74, 6) is 0.996. The molecule has 2 atom stereocenters. The van der Waals surface area contributed by atoms with Crippen LogP contribution in [0.1, 0.15) is 24.0 Å². The Labute approximate surface area is 83.8 Å². The van der Waals surface area contributed by atoms with Gasteiger partial charge in [0.05, 0.1) is 13.2 Å². The minimum absolute atomic E-state index is 0.135. The molecule has 0 fully saturated rings. The van der Waals surface area contributed by atoms with Gasteiger partial charge in [0.25, 0.3) is 0 Å². The zero-order valence-corrected chi connectivity index (χ0v) is 8.40. The van der Waals surface area contributed by atoms with Gasteiger partial charge >= 0.3 is 0 Å². The standard InChI is InChI=1S/C12H14O2/c1-8(13)11-5-3-9-7-10(14-2)4-6-12(9)11/h3-8,11,13H,1-2H3. The third-order valence-corrected chi connectivity index (χ3v) is 2.66. The van der Waals surface area contributed by atoms with Crippen LogP contribution in [-0.4, -0.2) is 18.3 Å². The molecule has 0 spiro atoms. The molecule has 2 rings (SSSR count). The first-order valence-electron chi connectivity index (χ1n) is 4.76. The molecule has 1 aromatic carbocycles. The molecule has 0 saturated carbocycles. The maximum Gasteiger partial charge on any atom is 0.119 e. The van der Waals surface area contributed by atoms with Crippen LogP contribution in [-0.2, 0) is 0 Å². The topological polar surface area (TPSA) is 29.5 Å². The molecule has 0 saturated heterocycles. The van der Waals surface area contributed by atoms with Gasteiger partial charge in [-0.05, 0) is 30.2 Å². The molecule has 74 valence electrons. The van der Waals surface area contributed by atoms with Crippen molar-refractivity contribution in [2.75, 3.05) is 7.11 Å². The summed E-state index contributed by atoms with van der Waals surface area (Å²) in [6, 6.07) is 5.95. The van der Waals surface area contributed by atoms with Crippen LogP contribution in [0, 0.1) is 0 Å². The van der Waals surface area contributed by atoms with Crippen molar-refractivity contribution in [2.24, 2.45) is 0 Å². The van der Waals surface area contributed by atoms with Gasteiger partial charge in [0.2, 0.25) is 0 Å². The summed E-state index contributed by atoms with van der Waals surface area (Å²) in [7, 11) is 1.66. The van der Waals surface area contributed by atoms with Gasteiger partial charge in [0, 0.05) is 5.92 Å². The Morgan fingerprint density at radius 3 is 2.86 bits per heavy atom. The van der Waals surface area contributed by atoms with E-state index in [0.717, 1.165) is 11.3 Å². The summed E-state index contributed by atoms with van der Waals surface area (Å²) < 4.78 is 5.14. The first-order valence-corrected chi connectivity index (χ1v) is 4.76. The molecule has 1 aromatic rings. The van der Waals surface area contributed by atoms with Crippen LogP contribution >= 0.6 is 0 Å². The summed E-state index contributed by atoms with van der Waals surface area (Å²) in [6.07, 6.45) is 3.74. The molecule has 0 aliphatic heterocycles. The Kier molecular flexibility index (Phi) is 2.30. The highest BCUT2D eigenvalue weighted by molar-refractivity contribution is 5.64. The van der Waals surface area contributed by atoms with E-state index in [1.54, 1.807) is 7.11 Å². The number of ether oxygens (including phenoxy) is 1. The third kappa shape index (κ3) is 1.42. The van der Waals surface area contributed by atoms with E-state index >= 15 is 0 Å². The van der Waals surface area contributed by atoms with E-state index < -0.39 is 0 Å². The summed E-state index contributed by atoms with van der Waals surface area (Å²) in [5, 5.41) is 9.54. The number of rotatable bonds is 2. The monoisotopic (exact) mass is 190 g/mol. The van der Waals surface area contributed by atoms with Gasteiger partial charge < -0.3 is 9.84 Å². The molecular weight excluding hydrogens is 176 g/mol. The molecule has 2 heteroatoms. The number of hydrogen-bond donors (Lipinski definition) is 1. The highest BCUT2D eigenvalue weighted by Gasteiger charge is 2.21.